The van der Waals surface area contributed by atoms with Crippen LogP contribution in [0.15, 0.2) is 43.0 Å². The predicted molar refractivity (Wildman–Crippen MR) is 86.2 cm³/mol. The fourth-order valence-corrected chi connectivity index (χ4v) is 2.79. The molecule has 4 aromatic heterocycles. The second-order valence-corrected chi connectivity index (χ2v) is 5.23. The quantitative estimate of drug-likeness (QED) is 0.629. The van der Waals surface area contributed by atoms with Crippen molar-refractivity contribution in [1.82, 2.24) is 19.4 Å². The molecule has 0 aliphatic rings. The normalized spacial score (nSPS) is 11.4. The van der Waals surface area contributed by atoms with Gasteiger partial charge in [0.05, 0.1) is 19.0 Å². The van der Waals surface area contributed by atoms with Gasteiger partial charge in [-0.05, 0) is 24.1 Å². The molecule has 5 heteroatoms. The van der Waals surface area contributed by atoms with Crippen molar-refractivity contribution in [3.63, 3.8) is 0 Å². The van der Waals surface area contributed by atoms with E-state index in [9.17, 15) is 0 Å². The summed E-state index contributed by atoms with van der Waals surface area (Å²) in [6.07, 6.45) is 8.73. The van der Waals surface area contributed by atoms with Gasteiger partial charge >= 0.3 is 0 Å². The maximum atomic E-state index is 5.24. The number of fused-ring (bicyclic) bond motifs is 2. The summed E-state index contributed by atoms with van der Waals surface area (Å²) in [7, 11) is 1.66. The summed E-state index contributed by atoms with van der Waals surface area (Å²) in [6, 6.07) is 6.02. The van der Waals surface area contributed by atoms with Crippen molar-refractivity contribution >= 4 is 16.7 Å². The van der Waals surface area contributed by atoms with Crippen LogP contribution in [0.4, 0.5) is 0 Å². The van der Waals surface area contributed by atoms with Gasteiger partial charge in [0.15, 0.2) is 0 Å². The van der Waals surface area contributed by atoms with Crippen LogP contribution in [0.2, 0.25) is 0 Å². The van der Waals surface area contributed by atoms with E-state index in [0.29, 0.717) is 0 Å². The zero-order valence-corrected chi connectivity index (χ0v) is 12.5. The first-order valence-corrected chi connectivity index (χ1v) is 7.27. The monoisotopic (exact) mass is 292 g/mol. The number of aromatic nitrogens is 4. The number of hydrogen-bond donors (Lipinski definition) is 1. The number of aryl methyl sites for hydroxylation is 1. The number of imidazole rings is 1. The van der Waals surface area contributed by atoms with Crippen LogP contribution in [0.5, 0.6) is 5.75 Å². The van der Waals surface area contributed by atoms with Gasteiger partial charge in [-0.2, -0.15) is 0 Å². The Bertz CT molecular complexity index is 967. The molecule has 0 amide bonds. The van der Waals surface area contributed by atoms with Gasteiger partial charge in [-0.15, -0.1) is 0 Å². The molecule has 22 heavy (non-hydrogen) atoms. The Morgan fingerprint density at radius 3 is 2.95 bits per heavy atom. The fraction of sp³-hybridized carbons (Fsp3) is 0.176. The van der Waals surface area contributed by atoms with E-state index in [-0.39, 0.29) is 0 Å². The maximum Gasteiger partial charge on any atom is 0.140 e. The van der Waals surface area contributed by atoms with Gasteiger partial charge in [0.2, 0.25) is 0 Å². The van der Waals surface area contributed by atoms with Crippen molar-refractivity contribution in [3.05, 3.63) is 48.5 Å². The first-order valence-electron chi connectivity index (χ1n) is 7.27. The average molecular weight is 292 g/mol. The van der Waals surface area contributed by atoms with Gasteiger partial charge in [0, 0.05) is 35.6 Å². The largest absolute Gasteiger partial charge is 0.497 e. The van der Waals surface area contributed by atoms with Crippen molar-refractivity contribution in [1.29, 1.82) is 0 Å². The lowest BCUT2D eigenvalue weighted by Crippen LogP contribution is -1.91. The third-order valence-corrected chi connectivity index (χ3v) is 4.01. The molecular formula is C17H16N4O. The average Bonchev–Trinajstić information content (AvgIpc) is 3.17. The Kier molecular flexibility index (Phi) is 2.85. The highest BCUT2D eigenvalue weighted by Gasteiger charge is 2.10. The van der Waals surface area contributed by atoms with Crippen LogP contribution in [0, 0.1) is 0 Å². The first-order chi connectivity index (χ1) is 10.8. The summed E-state index contributed by atoms with van der Waals surface area (Å²) in [5.41, 5.74) is 5.14. The Balaban J connectivity index is 1.90. The lowest BCUT2D eigenvalue weighted by atomic mass is 10.1. The standard InChI is InChI=1S/C17H16N4O/c1-3-11-8-19-17-14(11)6-12(9-20-17)15-10-18-16-7-13(22-2)4-5-21(15)16/h4-10H,3H2,1-2H3,(H,19,20). The van der Waals surface area contributed by atoms with Gasteiger partial charge in [-0.1, -0.05) is 6.92 Å². The van der Waals surface area contributed by atoms with Gasteiger partial charge in [-0.3, -0.25) is 4.40 Å². The Hall–Kier alpha value is -2.82. The Morgan fingerprint density at radius 2 is 2.14 bits per heavy atom. The molecule has 0 aromatic carbocycles. The van der Waals surface area contributed by atoms with Gasteiger partial charge < -0.3 is 9.72 Å². The van der Waals surface area contributed by atoms with Gasteiger partial charge in [0.25, 0.3) is 0 Å². The lowest BCUT2D eigenvalue weighted by molar-refractivity contribution is 0.414. The second-order valence-electron chi connectivity index (χ2n) is 5.23. The predicted octanol–water partition coefficient (Wildman–Crippen LogP) is 3.45. The number of rotatable bonds is 3. The van der Waals surface area contributed by atoms with Crippen molar-refractivity contribution in [3.8, 4) is 17.0 Å². The fourth-order valence-electron chi connectivity index (χ4n) is 2.79. The Labute approximate surface area is 127 Å². The molecule has 110 valence electrons. The molecule has 4 heterocycles. The number of methoxy groups -OCH3 is 1. The smallest absolute Gasteiger partial charge is 0.140 e. The van der Waals surface area contributed by atoms with Gasteiger partial charge in [0.1, 0.15) is 17.0 Å². The van der Waals surface area contributed by atoms with E-state index in [0.717, 1.165) is 34.7 Å². The first kappa shape index (κ1) is 12.9. The lowest BCUT2D eigenvalue weighted by Gasteiger charge is -2.04. The van der Waals surface area contributed by atoms with Crippen molar-refractivity contribution in [2.75, 3.05) is 7.11 Å². The molecule has 0 saturated carbocycles. The van der Waals surface area contributed by atoms with E-state index in [1.165, 1.54) is 10.9 Å². The van der Waals surface area contributed by atoms with E-state index in [4.69, 9.17) is 4.74 Å². The summed E-state index contributed by atoms with van der Waals surface area (Å²) in [6.45, 7) is 2.15. The third kappa shape index (κ3) is 1.86. The van der Waals surface area contributed by atoms with Crippen LogP contribution in [0.25, 0.3) is 27.9 Å². The highest BCUT2D eigenvalue weighted by molar-refractivity contribution is 5.84. The van der Waals surface area contributed by atoms with Crippen molar-refractivity contribution in [2.24, 2.45) is 0 Å². The van der Waals surface area contributed by atoms with E-state index in [1.54, 1.807) is 7.11 Å². The summed E-state index contributed by atoms with van der Waals surface area (Å²) in [5.74, 6) is 0.803. The summed E-state index contributed by atoms with van der Waals surface area (Å²) in [5, 5.41) is 1.17. The van der Waals surface area contributed by atoms with E-state index >= 15 is 0 Å². The van der Waals surface area contributed by atoms with Crippen LogP contribution < -0.4 is 4.74 Å². The van der Waals surface area contributed by atoms with E-state index < -0.39 is 0 Å². The number of aromatic amines is 1. The molecule has 4 aromatic rings. The molecule has 0 saturated heterocycles. The number of hydrogen-bond acceptors (Lipinski definition) is 3. The molecule has 0 bridgehead atoms. The van der Waals surface area contributed by atoms with Crippen LogP contribution in [-0.2, 0) is 6.42 Å². The molecule has 4 rings (SSSR count). The van der Waals surface area contributed by atoms with Crippen LogP contribution in [0.1, 0.15) is 12.5 Å². The number of pyridine rings is 2. The summed E-state index contributed by atoms with van der Waals surface area (Å²) in [4.78, 5) is 12.2. The molecule has 1 N–H and O–H groups in total. The molecule has 0 atom stereocenters. The highest BCUT2D eigenvalue weighted by atomic mass is 16.5. The number of nitrogens with zero attached hydrogens (tertiary/aromatic N) is 3. The number of H-pyrrole nitrogens is 1. The van der Waals surface area contributed by atoms with Crippen LogP contribution >= 0.6 is 0 Å². The molecule has 5 nitrogen and oxygen atoms in total. The molecule has 0 radical (unpaired) electrons. The van der Waals surface area contributed by atoms with Crippen LogP contribution in [-0.4, -0.2) is 26.5 Å². The SMILES string of the molecule is CCc1c[nH]c2ncc(-c3cnc4cc(OC)ccn34)cc12. The minimum absolute atomic E-state index is 0.803. The maximum absolute atomic E-state index is 5.24. The summed E-state index contributed by atoms with van der Waals surface area (Å²) >= 11 is 0. The van der Waals surface area contributed by atoms with Crippen LogP contribution in [0.3, 0.4) is 0 Å². The second kappa shape index (κ2) is 4.87. The van der Waals surface area contributed by atoms with Crippen molar-refractivity contribution < 1.29 is 4.74 Å². The molecule has 0 unspecified atom stereocenters. The zero-order valence-electron chi connectivity index (χ0n) is 12.5. The van der Waals surface area contributed by atoms with Crippen molar-refractivity contribution in [2.45, 2.75) is 13.3 Å². The van der Waals surface area contributed by atoms with E-state index in [2.05, 4.69) is 27.9 Å². The number of nitrogens with one attached hydrogen (secondary N) is 1. The topological polar surface area (TPSA) is 55.2 Å². The zero-order chi connectivity index (χ0) is 15.1. The molecule has 0 aliphatic carbocycles. The highest BCUT2D eigenvalue weighted by Crippen LogP contribution is 2.26. The third-order valence-electron chi connectivity index (χ3n) is 4.01. The Morgan fingerprint density at radius 1 is 1.23 bits per heavy atom. The summed E-state index contributed by atoms with van der Waals surface area (Å²) < 4.78 is 7.29. The molecule has 0 fully saturated rings. The number of ether oxygens (including phenoxy) is 1. The van der Waals surface area contributed by atoms with Gasteiger partial charge in [-0.25, -0.2) is 9.97 Å². The molecule has 0 aliphatic heterocycles. The molecular weight excluding hydrogens is 276 g/mol. The van der Waals surface area contributed by atoms with E-state index in [1.807, 2.05) is 41.3 Å². The minimum Gasteiger partial charge on any atom is -0.497 e. The molecule has 0 spiro atoms. The minimum atomic E-state index is 0.803.